The molecule has 0 radical (unpaired) electrons. The Kier molecular flexibility index (Phi) is 13.0. The Labute approximate surface area is 383 Å². The predicted molar refractivity (Wildman–Crippen MR) is 260 cm³/mol. The van der Waals surface area contributed by atoms with Gasteiger partial charge in [0.05, 0.1) is 34.7 Å². The third kappa shape index (κ3) is 9.49. The summed E-state index contributed by atoms with van der Waals surface area (Å²) in [5, 5.41) is 14.1. The molecule has 9 rings (SSSR count). The monoisotopic (exact) mass is 948 g/mol. The molecule has 1 saturated carbocycles. The number of methoxy groups -OCH3 is 1. The van der Waals surface area contributed by atoms with Crippen LogP contribution in [0.1, 0.15) is 62.5 Å². The van der Waals surface area contributed by atoms with Crippen LogP contribution in [-0.2, 0) is 20.6 Å². The Morgan fingerprint density at radius 1 is 0.859 bits per heavy atom. The molecule has 2 aromatic heterocycles. The summed E-state index contributed by atoms with van der Waals surface area (Å²) in [7, 11) is -1.00. The van der Waals surface area contributed by atoms with E-state index in [-0.39, 0.29) is 17.9 Å². The van der Waals surface area contributed by atoms with Gasteiger partial charge >= 0.3 is 0 Å². The molecule has 3 aromatic carbocycles. The molecule has 1 aliphatic carbocycles. The highest BCUT2D eigenvalue weighted by Crippen LogP contribution is 2.43. The van der Waals surface area contributed by atoms with Gasteiger partial charge in [0.15, 0.2) is 0 Å². The summed E-state index contributed by atoms with van der Waals surface area (Å²) >= 11 is 3.61. The predicted octanol–water partition coefficient (Wildman–Crippen LogP) is 7.84. The number of hydrogen-bond donors (Lipinski definition) is 4. The van der Waals surface area contributed by atoms with Gasteiger partial charge < -0.3 is 30.2 Å². The average Bonchev–Trinajstić information content (AvgIpc) is 3.28. The third-order valence-electron chi connectivity index (χ3n) is 13.6. The molecular weight excluding hydrogens is 891 g/mol. The molecule has 64 heavy (non-hydrogen) atoms. The van der Waals surface area contributed by atoms with Crippen LogP contribution < -0.4 is 36.2 Å². The van der Waals surface area contributed by atoms with Gasteiger partial charge in [-0.1, -0.05) is 37.3 Å². The van der Waals surface area contributed by atoms with E-state index in [0.717, 1.165) is 91.9 Å². The number of ether oxygens (including phenoxy) is 1. The van der Waals surface area contributed by atoms with E-state index in [1.165, 1.54) is 29.7 Å². The lowest BCUT2D eigenvalue weighted by atomic mass is 9.75. The minimum absolute atomic E-state index is 0.194. The zero-order valence-corrected chi connectivity index (χ0v) is 39.6. The maximum atomic E-state index is 13.6. The van der Waals surface area contributed by atoms with Gasteiger partial charge in [-0.25, -0.2) is 4.98 Å². The molecule has 5 aromatic rings. The van der Waals surface area contributed by atoms with E-state index in [1.54, 1.807) is 32.8 Å². The Morgan fingerprint density at radius 2 is 1.58 bits per heavy atom. The van der Waals surface area contributed by atoms with Crippen LogP contribution >= 0.6 is 23.1 Å². The number of amides is 2. The number of aromatic nitrogens is 3. The van der Waals surface area contributed by atoms with Crippen molar-refractivity contribution in [3.63, 3.8) is 0 Å². The number of para-hydroxylation sites is 1. The number of aryl methyl sites for hydroxylation is 1. The summed E-state index contributed by atoms with van der Waals surface area (Å²) in [5.74, 6) is 1.79. The number of fused-ring (bicyclic) bond motifs is 1. The minimum atomic E-state index is -2.70. The molecule has 3 saturated heterocycles. The number of carbonyl (C=O) groups excluding carboxylic acids is 2. The van der Waals surface area contributed by atoms with Crippen molar-refractivity contribution in [2.45, 2.75) is 75.9 Å². The topological polar surface area (TPSA) is 157 Å². The lowest BCUT2D eigenvalue weighted by molar-refractivity contribution is -0.133. The number of carbonyl (C=O) groups is 2. The van der Waals surface area contributed by atoms with Gasteiger partial charge in [0, 0.05) is 92.1 Å². The molecule has 0 bridgehead atoms. The Morgan fingerprint density at radius 3 is 2.27 bits per heavy atom. The Balaban J connectivity index is 0.777. The SMILES string of the molecule is CCc1cc(Nc2ncc(Br)c(Nc3cnc4ccccc4c3P(C)(C)=O)n2)c(OC)cc1N1CCC(N2CCN(C3CC(c4ccc(NC5CCC(=O)NC5=O)cc4)C3)CC2)CC1. The molecule has 16 heteroatoms. The summed E-state index contributed by atoms with van der Waals surface area (Å²) in [6, 6.07) is 21.5. The fraction of sp³-hybridized carbons (Fsp3) is 0.438. The largest absolute Gasteiger partial charge is 0.494 e. The molecule has 1 atom stereocenters. The van der Waals surface area contributed by atoms with Gasteiger partial charge in [-0.05, 0) is 109 Å². The first-order chi connectivity index (χ1) is 30.9. The van der Waals surface area contributed by atoms with Crippen molar-refractivity contribution < 1.29 is 18.9 Å². The molecule has 2 amide bonds. The first-order valence-corrected chi connectivity index (χ1v) is 26.0. The molecule has 1 unspecified atom stereocenters. The molecular formula is C48H58BrN10O4P. The average molecular weight is 950 g/mol. The van der Waals surface area contributed by atoms with Gasteiger partial charge in [-0.15, -0.1) is 0 Å². The summed E-state index contributed by atoms with van der Waals surface area (Å²) < 4.78 is 20.2. The van der Waals surface area contributed by atoms with Crippen molar-refractivity contribution in [1.82, 2.24) is 30.1 Å². The van der Waals surface area contributed by atoms with Gasteiger partial charge in [0.1, 0.15) is 24.8 Å². The van der Waals surface area contributed by atoms with E-state index in [4.69, 9.17) is 9.72 Å². The van der Waals surface area contributed by atoms with Crippen LogP contribution in [0.15, 0.2) is 77.5 Å². The Bertz CT molecular complexity index is 2570. The fourth-order valence-electron chi connectivity index (χ4n) is 10.0. The standard InChI is InChI=1S/C48H58BrN10O4P/c1-5-30-26-40(54-48-51-28-37(49)46(56-48)53-41-29-50-38-9-7-6-8-36(38)45(41)64(3,4)62)43(63-2)27-42(30)59-18-16-34(17-19-59)57-20-22-58(23-21-57)35-24-32(25-35)31-10-12-33(13-11-31)52-39-14-15-44(60)55-47(39)61/h6-13,26-29,32,34-35,39,52H,5,14-25H2,1-4H3,(H,55,60,61)(H2,51,53,54,56). The molecule has 4 fully saturated rings. The van der Waals surface area contributed by atoms with Crippen molar-refractivity contribution in [3.8, 4) is 5.75 Å². The van der Waals surface area contributed by atoms with Crippen molar-refractivity contribution in [3.05, 3.63) is 88.7 Å². The van der Waals surface area contributed by atoms with E-state index in [0.29, 0.717) is 52.8 Å². The third-order valence-corrected chi connectivity index (χ3v) is 15.7. The first kappa shape index (κ1) is 44.1. The van der Waals surface area contributed by atoms with Crippen LogP contribution in [0, 0.1) is 0 Å². The van der Waals surface area contributed by atoms with E-state index in [2.05, 4.69) is 105 Å². The Hall–Kier alpha value is -5.08. The van der Waals surface area contributed by atoms with Crippen molar-refractivity contribution in [1.29, 1.82) is 0 Å². The second kappa shape index (κ2) is 18.8. The minimum Gasteiger partial charge on any atom is -0.494 e. The number of hydrogen-bond acceptors (Lipinski definition) is 13. The van der Waals surface area contributed by atoms with Crippen LogP contribution in [0.2, 0.25) is 0 Å². The molecule has 5 heterocycles. The number of nitrogens with zero attached hydrogens (tertiary/aromatic N) is 6. The highest BCUT2D eigenvalue weighted by atomic mass is 79.9. The van der Waals surface area contributed by atoms with Gasteiger partial charge in [-0.3, -0.25) is 29.7 Å². The summed E-state index contributed by atoms with van der Waals surface area (Å²) in [5.41, 5.74) is 6.96. The first-order valence-electron chi connectivity index (χ1n) is 22.6. The van der Waals surface area contributed by atoms with E-state index in [1.807, 2.05) is 24.3 Å². The maximum absolute atomic E-state index is 13.6. The van der Waals surface area contributed by atoms with Crippen LogP contribution in [-0.4, -0.2) is 114 Å². The number of anilines is 6. The molecule has 4 aliphatic rings. The van der Waals surface area contributed by atoms with Crippen molar-refractivity contribution >= 4 is 85.6 Å². The smallest absolute Gasteiger partial charge is 0.249 e. The molecule has 3 aliphatic heterocycles. The number of piperazine rings is 1. The maximum Gasteiger partial charge on any atom is 0.249 e. The van der Waals surface area contributed by atoms with E-state index < -0.39 is 7.14 Å². The molecule has 0 spiro atoms. The number of nitrogens with one attached hydrogen (secondary N) is 4. The van der Waals surface area contributed by atoms with E-state index in [9.17, 15) is 14.2 Å². The number of benzene rings is 3. The molecule has 14 nitrogen and oxygen atoms in total. The molecule has 4 N–H and O–H groups in total. The molecule has 336 valence electrons. The van der Waals surface area contributed by atoms with Crippen LogP contribution in [0.5, 0.6) is 5.75 Å². The quantitative estimate of drug-likeness (QED) is 0.0670. The zero-order chi connectivity index (χ0) is 44.5. The van der Waals surface area contributed by atoms with Gasteiger partial charge in [0.25, 0.3) is 0 Å². The summed E-state index contributed by atoms with van der Waals surface area (Å²) in [4.78, 5) is 45.7. The van der Waals surface area contributed by atoms with Crippen molar-refractivity contribution in [2.75, 3.05) is 80.6 Å². The fourth-order valence-corrected chi connectivity index (χ4v) is 11.8. The van der Waals surface area contributed by atoms with Gasteiger partial charge in [0.2, 0.25) is 17.8 Å². The second-order valence-corrected chi connectivity index (χ2v) is 21.9. The number of piperidine rings is 2. The van der Waals surface area contributed by atoms with E-state index >= 15 is 0 Å². The van der Waals surface area contributed by atoms with Crippen LogP contribution in [0.4, 0.5) is 34.5 Å². The lowest BCUT2D eigenvalue weighted by Gasteiger charge is -2.49. The highest BCUT2D eigenvalue weighted by Gasteiger charge is 2.37. The summed E-state index contributed by atoms with van der Waals surface area (Å²) in [6.45, 7) is 12.2. The van der Waals surface area contributed by atoms with Crippen LogP contribution in [0.3, 0.4) is 0 Å². The number of rotatable bonds is 13. The van der Waals surface area contributed by atoms with Crippen LogP contribution in [0.25, 0.3) is 10.9 Å². The van der Waals surface area contributed by atoms with Gasteiger partial charge in [-0.2, -0.15) is 4.98 Å². The lowest BCUT2D eigenvalue weighted by Crippen LogP contribution is -2.57. The number of imide groups is 1. The number of pyridine rings is 1. The van der Waals surface area contributed by atoms with Crippen molar-refractivity contribution in [2.24, 2.45) is 0 Å². The summed E-state index contributed by atoms with van der Waals surface area (Å²) in [6.07, 6.45) is 9.84. The number of halogens is 1. The zero-order valence-electron chi connectivity index (χ0n) is 37.1. The highest BCUT2D eigenvalue weighted by molar-refractivity contribution is 9.10. The normalized spacial score (nSPS) is 21.3. The second-order valence-electron chi connectivity index (χ2n) is 17.9.